The summed E-state index contributed by atoms with van der Waals surface area (Å²) in [4.78, 5) is 11.6. The molecule has 80 valence electrons. The van der Waals surface area contributed by atoms with Gasteiger partial charge in [-0.15, -0.1) is 6.58 Å². The summed E-state index contributed by atoms with van der Waals surface area (Å²) in [6.45, 7) is 5.74. The molecule has 1 nitrogen and oxygen atoms in total. The Hall–Kier alpha value is -0.890. The molecule has 0 aliphatic heterocycles. The standard InChI is InChI=1S/C13H15BrO/c1-10(2)7-8-12(15)9-11-5-3-4-6-13(11)14/h3-6H,1,7-9H2,2H3. The molecule has 0 aliphatic carbocycles. The summed E-state index contributed by atoms with van der Waals surface area (Å²) in [7, 11) is 0. The van der Waals surface area contributed by atoms with Crippen molar-refractivity contribution in [1.82, 2.24) is 0 Å². The fraction of sp³-hybridized carbons (Fsp3) is 0.308. The number of Topliss-reactive ketones (excluding diaryl/α,β-unsaturated/α-hetero) is 1. The number of benzene rings is 1. The van der Waals surface area contributed by atoms with Crippen molar-refractivity contribution >= 4 is 21.7 Å². The fourth-order valence-electron chi connectivity index (χ4n) is 1.30. The van der Waals surface area contributed by atoms with E-state index in [1.54, 1.807) is 0 Å². The van der Waals surface area contributed by atoms with Gasteiger partial charge in [-0.1, -0.05) is 39.7 Å². The monoisotopic (exact) mass is 266 g/mol. The minimum atomic E-state index is 0.268. The van der Waals surface area contributed by atoms with Gasteiger partial charge >= 0.3 is 0 Å². The normalized spacial score (nSPS) is 10.0. The van der Waals surface area contributed by atoms with Crippen molar-refractivity contribution in [2.75, 3.05) is 0 Å². The van der Waals surface area contributed by atoms with E-state index in [1.165, 1.54) is 0 Å². The predicted molar refractivity (Wildman–Crippen MR) is 66.9 cm³/mol. The second-order valence-electron chi connectivity index (χ2n) is 3.76. The summed E-state index contributed by atoms with van der Waals surface area (Å²) in [6.07, 6.45) is 1.90. The Balaban J connectivity index is 2.52. The molecular weight excluding hydrogens is 252 g/mol. The third-order valence-corrected chi connectivity index (χ3v) is 2.95. The molecule has 0 aromatic heterocycles. The molecule has 0 unspecified atom stereocenters. The number of hydrogen-bond acceptors (Lipinski definition) is 1. The summed E-state index contributed by atoms with van der Waals surface area (Å²) in [5, 5.41) is 0. The van der Waals surface area contributed by atoms with Crippen molar-refractivity contribution in [2.24, 2.45) is 0 Å². The number of ketones is 1. The first-order valence-electron chi connectivity index (χ1n) is 4.99. The summed E-state index contributed by atoms with van der Waals surface area (Å²) in [6, 6.07) is 7.84. The van der Waals surface area contributed by atoms with Crippen LogP contribution in [0, 0.1) is 0 Å². The van der Waals surface area contributed by atoms with E-state index in [0.29, 0.717) is 12.8 Å². The van der Waals surface area contributed by atoms with Crippen LogP contribution in [0.5, 0.6) is 0 Å². The van der Waals surface area contributed by atoms with Crippen LogP contribution < -0.4 is 0 Å². The van der Waals surface area contributed by atoms with Crippen LogP contribution in [0.4, 0.5) is 0 Å². The van der Waals surface area contributed by atoms with Gasteiger partial charge in [0.25, 0.3) is 0 Å². The maximum Gasteiger partial charge on any atom is 0.137 e. The van der Waals surface area contributed by atoms with Crippen LogP contribution in [0.2, 0.25) is 0 Å². The minimum absolute atomic E-state index is 0.268. The number of carbonyl (C=O) groups is 1. The van der Waals surface area contributed by atoms with Crippen molar-refractivity contribution < 1.29 is 4.79 Å². The van der Waals surface area contributed by atoms with E-state index >= 15 is 0 Å². The molecule has 0 heterocycles. The highest BCUT2D eigenvalue weighted by atomic mass is 79.9. The Morgan fingerprint density at radius 3 is 2.60 bits per heavy atom. The third kappa shape index (κ3) is 4.43. The number of hydrogen-bond donors (Lipinski definition) is 0. The SMILES string of the molecule is C=C(C)CCC(=O)Cc1ccccc1Br. The molecule has 2 heteroatoms. The van der Waals surface area contributed by atoms with E-state index in [4.69, 9.17) is 0 Å². The molecule has 0 amide bonds. The average molecular weight is 267 g/mol. The molecule has 1 rings (SSSR count). The minimum Gasteiger partial charge on any atom is -0.299 e. The van der Waals surface area contributed by atoms with Gasteiger partial charge in [0.2, 0.25) is 0 Å². The summed E-state index contributed by atoms with van der Waals surface area (Å²) >= 11 is 3.44. The first-order valence-corrected chi connectivity index (χ1v) is 5.78. The Morgan fingerprint density at radius 1 is 1.33 bits per heavy atom. The molecule has 0 atom stereocenters. The van der Waals surface area contributed by atoms with Crippen molar-refractivity contribution in [3.8, 4) is 0 Å². The van der Waals surface area contributed by atoms with Crippen molar-refractivity contribution in [3.05, 3.63) is 46.5 Å². The van der Waals surface area contributed by atoms with Gasteiger partial charge in [-0.05, 0) is 25.0 Å². The first-order chi connectivity index (χ1) is 7.09. The van der Waals surface area contributed by atoms with Gasteiger partial charge in [-0.2, -0.15) is 0 Å². The van der Waals surface area contributed by atoms with Crippen LogP contribution in [-0.4, -0.2) is 5.78 Å². The molecule has 0 saturated heterocycles. The van der Waals surface area contributed by atoms with Crippen LogP contribution in [0.25, 0.3) is 0 Å². The highest BCUT2D eigenvalue weighted by molar-refractivity contribution is 9.10. The van der Waals surface area contributed by atoms with E-state index in [0.717, 1.165) is 22.0 Å². The molecule has 0 bridgehead atoms. The summed E-state index contributed by atoms with van der Waals surface area (Å²) < 4.78 is 1.01. The lowest BCUT2D eigenvalue weighted by molar-refractivity contribution is -0.118. The lowest BCUT2D eigenvalue weighted by atomic mass is 10.0. The van der Waals surface area contributed by atoms with E-state index in [1.807, 2.05) is 31.2 Å². The summed E-state index contributed by atoms with van der Waals surface area (Å²) in [5.41, 5.74) is 2.12. The quantitative estimate of drug-likeness (QED) is 0.739. The van der Waals surface area contributed by atoms with E-state index in [9.17, 15) is 4.79 Å². The predicted octanol–water partition coefficient (Wildman–Crippen LogP) is 3.92. The van der Waals surface area contributed by atoms with Crippen LogP contribution in [0.1, 0.15) is 25.3 Å². The smallest absolute Gasteiger partial charge is 0.137 e. The average Bonchev–Trinajstić information content (AvgIpc) is 2.18. The second-order valence-corrected chi connectivity index (χ2v) is 4.62. The Labute approximate surface area is 99.3 Å². The fourth-order valence-corrected chi connectivity index (χ4v) is 1.72. The number of carbonyl (C=O) groups excluding carboxylic acids is 1. The van der Waals surface area contributed by atoms with Crippen LogP contribution in [0.15, 0.2) is 40.9 Å². The number of allylic oxidation sites excluding steroid dienone is 1. The Bertz CT molecular complexity index is 369. The zero-order valence-corrected chi connectivity index (χ0v) is 10.5. The molecule has 1 aromatic carbocycles. The van der Waals surface area contributed by atoms with Gasteiger partial charge in [-0.3, -0.25) is 4.79 Å². The van der Waals surface area contributed by atoms with E-state index in [-0.39, 0.29) is 5.78 Å². The highest BCUT2D eigenvalue weighted by Crippen LogP contribution is 2.17. The highest BCUT2D eigenvalue weighted by Gasteiger charge is 2.06. The van der Waals surface area contributed by atoms with Gasteiger partial charge in [0.1, 0.15) is 5.78 Å². The number of rotatable bonds is 5. The lowest BCUT2D eigenvalue weighted by Crippen LogP contribution is -2.03. The molecule has 0 N–H and O–H groups in total. The van der Waals surface area contributed by atoms with Gasteiger partial charge in [-0.25, -0.2) is 0 Å². The molecule has 0 saturated carbocycles. The van der Waals surface area contributed by atoms with Crippen LogP contribution >= 0.6 is 15.9 Å². The maximum absolute atomic E-state index is 11.6. The molecule has 1 aromatic rings. The zero-order chi connectivity index (χ0) is 11.3. The number of halogens is 1. The van der Waals surface area contributed by atoms with E-state index < -0.39 is 0 Å². The summed E-state index contributed by atoms with van der Waals surface area (Å²) in [5.74, 6) is 0.268. The maximum atomic E-state index is 11.6. The molecule has 0 spiro atoms. The van der Waals surface area contributed by atoms with E-state index in [2.05, 4.69) is 22.5 Å². The molecule has 0 radical (unpaired) electrons. The van der Waals surface area contributed by atoms with Crippen molar-refractivity contribution in [1.29, 1.82) is 0 Å². The molecule has 0 fully saturated rings. The van der Waals surface area contributed by atoms with Gasteiger partial charge < -0.3 is 0 Å². The van der Waals surface area contributed by atoms with Gasteiger partial charge in [0.15, 0.2) is 0 Å². The van der Waals surface area contributed by atoms with Crippen LogP contribution in [0.3, 0.4) is 0 Å². The van der Waals surface area contributed by atoms with Crippen molar-refractivity contribution in [2.45, 2.75) is 26.2 Å². The molecular formula is C13H15BrO. The van der Waals surface area contributed by atoms with Gasteiger partial charge in [0, 0.05) is 17.3 Å². The largest absolute Gasteiger partial charge is 0.299 e. The van der Waals surface area contributed by atoms with Crippen LogP contribution in [-0.2, 0) is 11.2 Å². The molecule has 0 aliphatic rings. The Morgan fingerprint density at radius 2 is 2.00 bits per heavy atom. The topological polar surface area (TPSA) is 17.1 Å². The zero-order valence-electron chi connectivity index (χ0n) is 8.92. The second kappa shape index (κ2) is 5.86. The Kier molecular flexibility index (Phi) is 4.76. The van der Waals surface area contributed by atoms with Crippen molar-refractivity contribution in [3.63, 3.8) is 0 Å². The third-order valence-electron chi connectivity index (χ3n) is 2.18. The molecule has 15 heavy (non-hydrogen) atoms. The first kappa shape index (κ1) is 12.2. The van der Waals surface area contributed by atoms with Gasteiger partial charge in [0.05, 0.1) is 0 Å². The lowest BCUT2D eigenvalue weighted by Gasteiger charge is -2.03.